The Morgan fingerprint density at radius 2 is 2.36 bits per heavy atom. The fraction of sp³-hybridized carbons (Fsp3) is 0.556. The highest BCUT2D eigenvalue weighted by Gasteiger charge is 2.17. The minimum atomic E-state index is -0.978. The van der Waals surface area contributed by atoms with Gasteiger partial charge in [0.2, 0.25) is 0 Å². The van der Waals surface area contributed by atoms with E-state index in [0.717, 1.165) is 22.7 Å². The molecule has 5 heteroatoms. The molecule has 1 unspecified atom stereocenters. The number of carboxylic acids is 1. The van der Waals surface area contributed by atoms with Gasteiger partial charge in [-0.15, -0.1) is 11.3 Å². The van der Waals surface area contributed by atoms with Gasteiger partial charge in [-0.05, 0) is 13.3 Å². The molecular formula is C9H14N2O2S. The van der Waals surface area contributed by atoms with Crippen molar-refractivity contribution in [1.82, 2.24) is 4.98 Å². The molecule has 0 aliphatic carbocycles. The molecule has 0 saturated heterocycles. The van der Waals surface area contributed by atoms with E-state index in [4.69, 9.17) is 10.8 Å². The summed E-state index contributed by atoms with van der Waals surface area (Å²) in [5.74, 6) is -0.978. The first-order valence-electron chi connectivity index (χ1n) is 4.52. The molecule has 1 rings (SSSR count). The van der Waals surface area contributed by atoms with Gasteiger partial charge in [0.25, 0.3) is 0 Å². The van der Waals surface area contributed by atoms with E-state index in [9.17, 15) is 4.79 Å². The Morgan fingerprint density at radius 3 is 2.79 bits per heavy atom. The molecule has 4 nitrogen and oxygen atoms in total. The van der Waals surface area contributed by atoms with Crippen LogP contribution in [0.5, 0.6) is 0 Å². The molecule has 78 valence electrons. The van der Waals surface area contributed by atoms with E-state index in [-0.39, 0.29) is 11.7 Å². The van der Waals surface area contributed by atoms with Gasteiger partial charge in [0, 0.05) is 4.88 Å². The summed E-state index contributed by atoms with van der Waals surface area (Å²) >= 11 is 1.37. The maximum absolute atomic E-state index is 10.7. The summed E-state index contributed by atoms with van der Waals surface area (Å²) in [7, 11) is 0. The first-order chi connectivity index (χ1) is 6.56. The second kappa shape index (κ2) is 4.52. The third-order valence-corrected chi connectivity index (χ3v) is 3.04. The van der Waals surface area contributed by atoms with Crippen LogP contribution in [0.15, 0.2) is 0 Å². The highest BCUT2D eigenvalue weighted by molar-refractivity contribution is 7.11. The lowest BCUT2D eigenvalue weighted by Crippen LogP contribution is -2.10. The van der Waals surface area contributed by atoms with E-state index in [1.54, 1.807) is 6.92 Å². The van der Waals surface area contributed by atoms with Crippen molar-refractivity contribution >= 4 is 17.3 Å². The summed E-state index contributed by atoms with van der Waals surface area (Å²) in [6.07, 6.45) is 1.81. The molecule has 1 aromatic rings. The summed E-state index contributed by atoms with van der Waals surface area (Å²) in [5, 5.41) is 9.52. The number of aryl methyl sites for hydroxylation is 1. The number of carboxylic acid groups (broad SMARTS) is 1. The smallest absolute Gasteiger partial charge is 0.355 e. The van der Waals surface area contributed by atoms with Gasteiger partial charge in [0.15, 0.2) is 5.69 Å². The highest BCUT2D eigenvalue weighted by Crippen LogP contribution is 2.24. The molecular weight excluding hydrogens is 200 g/mol. The molecule has 0 aliphatic heterocycles. The fourth-order valence-electron chi connectivity index (χ4n) is 1.21. The minimum absolute atomic E-state index is 0.128. The Labute approximate surface area is 86.8 Å². The van der Waals surface area contributed by atoms with Crippen LogP contribution in [0.25, 0.3) is 0 Å². The number of nitrogens with zero attached hydrogens (tertiary/aromatic N) is 1. The van der Waals surface area contributed by atoms with Gasteiger partial charge in [-0.2, -0.15) is 0 Å². The van der Waals surface area contributed by atoms with Crippen molar-refractivity contribution in [2.24, 2.45) is 5.73 Å². The third kappa shape index (κ3) is 2.30. The number of carbonyl (C=O) groups is 1. The second-order valence-corrected chi connectivity index (χ2v) is 4.39. The summed E-state index contributed by atoms with van der Waals surface area (Å²) in [6, 6.07) is -0.128. The molecule has 0 amide bonds. The molecule has 3 N–H and O–H groups in total. The number of hydrogen-bond acceptors (Lipinski definition) is 4. The topological polar surface area (TPSA) is 76.2 Å². The van der Waals surface area contributed by atoms with Gasteiger partial charge in [-0.3, -0.25) is 0 Å². The maximum atomic E-state index is 10.7. The van der Waals surface area contributed by atoms with E-state index in [1.165, 1.54) is 11.3 Å². The maximum Gasteiger partial charge on any atom is 0.355 e. The van der Waals surface area contributed by atoms with Crippen LogP contribution in [0.1, 0.15) is 46.2 Å². The van der Waals surface area contributed by atoms with Crippen molar-refractivity contribution in [2.45, 2.75) is 32.7 Å². The van der Waals surface area contributed by atoms with E-state index in [0.29, 0.717) is 0 Å². The SMILES string of the molecule is CCCC(N)c1nc(C(=O)O)c(C)s1. The van der Waals surface area contributed by atoms with Gasteiger partial charge in [-0.1, -0.05) is 13.3 Å². The number of hydrogen-bond donors (Lipinski definition) is 2. The molecule has 0 radical (unpaired) electrons. The number of aromatic nitrogens is 1. The monoisotopic (exact) mass is 214 g/mol. The summed E-state index contributed by atoms with van der Waals surface area (Å²) < 4.78 is 0. The van der Waals surface area contributed by atoms with Crippen molar-refractivity contribution in [1.29, 1.82) is 0 Å². The first kappa shape index (κ1) is 11.1. The molecule has 0 fully saturated rings. The molecule has 1 heterocycles. The zero-order valence-electron chi connectivity index (χ0n) is 8.28. The Balaban J connectivity index is 2.90. The third-order valence-electron chi connectivity index (χ3n) is 1.93. The molecule has 0 bridgehead atoms. The Kier molecular flexibility index (Phi) is 3.60. The van der Waals surface area contributed by atoms with Crippen LogP contribution in [0, 0.1) is 6.92 Å². The van der Waals surface area contributed by atoms with Crippen molar-refractivity contribution < 1.29 is 9.90 Å². The first-order valence-corrected chi connectivity index (χ1v) is 5.34. The predicted molar refractivity (Wildman–Crippen MR) is 55.6 cm³/mol. The van der Waals surface area contributed by atoms with Gasteiger partial charge >= 0.3 is 5.97 Å². The summed E-state index contributed by atoms with van der Waals surface area (Å²) in [6.45, 7) is 3.79. The molecule has 1 aromatic heterocycles. The van der Waals surface area contributed by atoms with Crippen LogP contribution in [0.2, 0.25) is 0 Å². The van der Waals surface area contributed by atoms with Crippen LogP contribution in [0.4, 0.5) is 0 Å². The highest BCUT2D eigenvalue weighted by atomic mass is 32.1. The molecule has 0 aliphatic rings. The number of rotatable bonds is 4. The Hall–Kier alpha value is -0.940. The van der Waals surface area contributed by atoms with Crippen LogP contribution >= 0.6 is 11.3 Å². The van der Waals surface area contributed by atoms with Crippen molar-refractivity contribution in [3.05, 3.63) is 15.6 Å². The standard InChI is InChI=1S/C9H14N2O2S/c1-3-4-6(10)8-11-7(9(12)13)5(2)14-8/h6H,3-4,10H2,1-2H3,(H,12,13). The van der Waals surface area contributed by atoms with Crippen LogP contribution in [0.3, 0.4) is 0 Å². The van der Waals surface area contributed by atoms with E-state index in [1.807, 2.05) is 6.92 Å². The van der Waals surface area contributed by atoms with Crippen molar-refractivity contribution in [3.8, 4) is 0 Å². The lowest BCUT2D eigenvalue weighted by atomic mass is 10.2. The summed E-state index contributed by atoms with van der Waals surface area (Å²) in [4.78, 5) is 15.5. The molecule has 1 atom stereocenters. The van der Waals surface area contributed by atoms with Gasteiger partial charge < -0.3 is 10.8 Å². The van der Waals surface area contributed by atoms with Crippen molar-refractivity contribution in [3.63, 3.8) is 0 Å². The summed E-state index contributed by atoms with van der Waals surface area (Å²) in [5.41, 5.74) is 5.98. The van der Waals surface area contributed by atoms with E-state index >= 15 is 0 Å². The van der Waals surface area contributed by atoms with E-state index < -0.39 is 5.97 Å². The largest absolute Gasteiger partial charge is 0.476 e. The van der Waals surface area contributed by atoms with Crippen LogP contribution in [-0.4, -0.2) is 16.1 Å². The van der Waals surface area contributed by atoms with E-state index in [2.05, 4.69) is 4.98 Å². The van der Waals surface area contributed by atoms with Crippen LogP contribution in [-0.2, 0) is 0 Å². The molecule has 0 saturated carbocycles. The predicted octanol–water partition coefficient (Wildman–Crippen LogP) is 1.95. The average Bonchev–Trinajstić information content (AvgIpc) is 2.48. The Bertz CT molecular complexity index is 336. The molecule has 14 heavy (non-hydrogen) atoms. The normalized spacial score (nSPS) is 12.8. The molecule has 0 aromatic carbocycles. The van der Waals surface area contributed by atoms with Crippen LogP contribution < -0.4 is 5.73 Å². The minimum Gasteiger partial charge on any atom is -0.476 e. The number of aromatic carboxylic acids is 1. The second-order valence-electron chi connectivity index (χ2n) is 3.16. The Morgan fingerprint density at radius 1 is 1.71 bits per heavy atom. The zero-order valence-corrected chi connectivity index (χ0v) is 9.10. The average molecular weight is 214 g/mol. The lowest BCUT2D eigenvalue weighted by Gasteiger charge is -2.04. The van der Waals surface area contributed by atoms with Gasteiger partial charge in [0.05, 0.1) is 6.04 Å². The van der Waals surface area contributed by atoms with Gasteiger partial charge in [-0.25, -0.2) is 9.78 Å². The number of nitrogens with two attached hydrogens (primary N) is 1. The number of thiazole rings is 1. The quantitative estimate of drug-likeness (QED) is 0.803. The molecule has 0 spiro atoms. The lowest BCUT2D eigenvalue weighted by molar-refractivity contribution is 0.0690. The van der Waals surface area contributed by atoms with Gasteiger partial charge in [0.1, 0.15) is 5.01 Å². The van der Waals surface area contributed by atoms with Crippen molar-refractivity contribution in [2.75, 3.05) is 0 Å². The fourth-order valence-corrected chi connectivity index (χ4v) is 2.16. The zero-order chi connectivity index (χ0) is 10.7.